The fraction of sp³-hybridized carbons (Fsp3) is 0.600. The number of aryl methyl sites for hydroxylation is 1. The molecular formula is C15H21BrClN3S. The molecule has 0 N–H and O–H groups in total. The van der Waals surface area contributed by atoms with Gasteiger partial charge in [0.05, 0.1) is 0 Å². The van der Waals surface area contributed by atoms with Crippen molar-refractivity contribution in [3.63, 3.8) is 0 Å². The van der Waals surface area contributed by atoms with Crippen molar-refractivity contribution in [2.45, 2.75) is 44.4 Å². The fourth-order valence-electron chi connectivity index (χ4n) is 2.59. The Morgan fingerprint density at radius 1 is 1.38 bits per heavy atom. The second-order valence-corrected chi connectivity index (χ2v) is 7.71. The summed E-state index contributed by atoms with van der Waals surface area (Å²) in [5, 5.41) is 0. The van der Waals surface area contributed by atoms with E-state index in [1.54, 1.807) is 0 Å². The van der Waals surface area contributed by atoms with Gasteiger partial charge < -0.3 is 4.57 Å². The van der Waals surface area contributed by atoms with Gasteiger partial charge in [-0.1, -0.05) is 13.8 Å². The highest BCUT2D eigenvalue weighted by Gasteiger charge is 2.27. The molecule has 2 aromatic rings. The molecule has 0 amide bonds. The van der Waals surface area contributed by atoms with Crippen LogP contribution in [-0.4, -0.2) is 31.4 Å². The van der Waals surface area contributed by atoms with Crippen molar-refractivity contribution in [3.05, 3.63) is 22.6 Å². The van der Waals surface area contributed by atoms with Crippen LogP contribution in [0.25, 0.3) is 11.2 Å². The zero-order chi connectivity index (χ0) is 15.5. The predicted molar refractivity (Wildman–Crippen MR) is 96.5 cm³/mol. The summed E-state index contributed by atoms with van der Waals surface area (Å²) in [6, 6.07) is 2.02. The molecule has 21 heavy (non-hydrogen) atoms. The molecule has 0 unspecified atom stereocenters. The number of hydrogen-bond donors (Lipinski definition) is 0. The number of pyridine rings is 1. The smallest absolute Gasteiger partial charge is 0.160 e. The van der Waals surface area contributed by atoms with E-state index in [4.69, 9.17) is 16.6 Å². The number of rotatable bonds is 7. The summed E-state index contributed by atoms with van der Waals surface area (Å²) in [7, 11) is 0. The van der Waals surface area contributed by atoms with Gasteiger partial charge in [-0.15, -0.1) is 11.6 Å². The normalized spacial score (nSPS) is 12.2. The number of nitrogens with zero attached hydrogens (tertiary/aromatic N) is 3. The molecule has 0 aromatic carbocycles. The third kappa shape index (κ3) is 3.57. The maximum absolute atomic E-state index is 5.95. The van der Waals surface area contributed by atoms with Crippen molar-refractivity contribution in [3.8, 4) is 0 Å². The lowest BCUT2D eigenvalue weighted by Crippen LogP contribution is -2.30. The molecule has 3 nitrogen and oxygen atoms in total. The average Bonchev–Trinajstić information content (AvgIpc) is 2.82. The highest BCUT2D eigenvalue weighted by atomic mass is 79.9. The maximum atomic E-state index is 5.95. The molecule has 0 fully saturated rings. The molecule has 2 heterocycles. The molecule has 116 valence electrons. The Balaban J connectivity index is 2.52. The van der Waals surface area contributed by atoms with Gasteiger partial charge in [-0.05, 0) is 41.1 Å². The van der Waals surface area contributed by atoms with Crippen LogP contribution in [-0.2, 0) is 13.0 Å². The number of halogens is 2. The number of aromatic nitrogens is 3. The van der Waals surface area contributed by atoms with Crippen LogP contribution in [0, 0.1) is 0 Å². The minimum atomic E-state index is 0.226. The molecule has 0 saturated heterocycles. The van der Waals surface area contributed by atoms with Crippen molar-refractivity contribution in [1.29, 1.82) is 0 Å². The van der Waals surface area contributed by atoms with Gasteiger partial charge >= 0.3 is 0 Å². The molecular weight excluding hydrogens is 370 g/mol. The molecule has 0 aliphatic carbocycles. The summed E-state index contributed by atoms with van der Waals surface area (Å²) in [6.07, 6.45) is 7.05. The van der Waals surface area contributed by atoms with E-state index in [2.05, 4.69) is 45.6 Å². The average molecular weight is 391 g/mol. The van der Waals surface area contributed by atoms with E-state index in [1.807, 2.05) is 24.0 Å². The highest BCUT2D eigenvalue weighted by molar-refractivity contribution is 9.10. The summed E-state index contributed by atoms with van der Waals surface area (Å²) >= 11 is 11.4. The van der Waals surface area contributed by atoms with Crippen molar-refractivity contribution < 1.29 is 0 Å². The lowest BCUT2D eigenvalue weighted by Gasteiger charge is -2.30. The Bertz CT molecular complexity index is 602. The summed E-state index contributed by atoms with van der Waals surface area (Å²) in [6.45, 7) is 5.44. The van der Waals surface area contributed by atoms with Gasteiger partial charge in [-0.3, -0.25) is 0 Å². The van der Waals surface area contributed by atoms with Crippen LogP contribution in [0.2, 0.25) is 0 Å². The largest absolute Gasteiger partial charge is 0.311 e. The number of hydrogen-bond acceptors (Lipinski definition) is 3. The van der Waals surface area contributed by atoms with E-state index in [9.17, 15) is 0 Å². The Morgan fingerprint density at radius 2 is 2.10 bits per heavy atom. The first-order valence-corrected chi connectivity index (χ1v) is 9.76. The number of imidazole rings is 1. The van der Waals surface area contributed by atoms with Crippen LogP contribution in [0.3, 0.4) is 0 Å². The van der Waals surface area contributed by atoms with E-state index in [-0.39, 0.29) is 4.75 Å². The standard InChI is InChI=1S/C15H21BrClN3S/c1-4-15(5-2,21-3)10-20-13(6-7-17)19-12-8-11(16)9-18-14(12)20/h8-9H,4-7,10H2,1-3H3. The topological polar surface area (TPSA) is 30.7 Å². The third-order valence-corrected chi connectivity index (χ3v) is 6.31. The van der Waals surface area contributed by atoms with Crippen LogP contribution < -0.4 is 0 Å². The lowest BCUT2D eigenvalue weighted by atomic mass is 10.0. The molecule has 0 spiro atoms. The van der Waals surface area contributed by atoms with E-state index in [0.29, 0.717) is 5.88 Å². The molecule has 0 bridgehead atoms. The van der Waals surface area contributed by atoms with E-state index < -0.39 is 0 Å². The molecule has 0 atom stereocenters. The third-order valence-electron chi connectivity index (χ3n) is 4.12. The number of alkyl halides is 1. The molecule has 0 radical (unpaired) electrons. The van der Waals surface area contributed by atoms with Gasteiger partial charge in [0.2, 0.25) is 0 Å². The van der Waals surface area contributed by atoms with Crippen LogP contribution in [0.4, 0.5) is 0 Å². The summed E-state index contributed by atoms with van der Waals surface area (Å²) in [5.41, 5.74) is 1.89. The first kappa shape index (κ1) is 17.1. The molecule has 0 aliphatic heterocycles. The van der Waals surface area contributed by atoms with Gasteiger partial charge in [-0.25, -0.2) is 9.97 Å². The van der Waals surface area contributed by atoms with Gasteiger partial charge in [0, 0.05) is 34.3 Å². The second kappa shape index (κ2) is 7.34. The number of thioether (sulfide) groups is 1. The molecule has 6 heteroatoms. The van der Waals surface area contributed by atoms with Gasteiger partial charge in [0.1, 0.15) is 11.3 Å². The van der Waals surface area contributed by atoms with E-state index in [0.717, 1.165) is 47.3 Å². The van der Waals surface area contributed by atoms with Crippen molar-refractivity contribution in [2.75, 3.05) is 12.1 Å². The van der Waals surface area contributed by atoms with Crippen molar-refractivity contribution >= 4 is 50.5 Å². The van der Waals surface area contributed by atoms with Crippen LogP contribution in [0.5, 0.6) is 0 Å². The number of fused-ring (bicyclic) bond motifs is 1. The molecule has 0 aliphatic rings. The Hall–Kier alpha value is -0.260. The lowest BCUT2D eigenvalue weighted by molar-refractivity contribution is 0.463. The predicted octanol–water partition coefficient (Wildman–Crippen LogP) is 4.90. The molecule has 0 saturated carbocycles. The Labute approximate surface area is 144 Å². The van der Waals surface area contributed by atoms with Crippen LogP contribution >= 0.6 is 39.3 Å². The summed E-state index contributed by atoms with van der Waals surface area (Å²) in [5.74, 6) is 1.61. The van der Waals surface area contributed by atoms with Gasteiger partial charge in [0.25, 0.3) is 0 Å². The Kier molecular flexibility index (Phi) is 5.97. The first-order chi connectivity index (χ1) is 10.1. The SMILES string of the molecule is CCC(CC)(Cn1c(CCCl)nc2cc(Br)cnc21)SC. The first-order valence-electron chi connectivity index (χ1n) is 7.21. The quantitative estimate of drug-likeness (QED) is 0.630. The van der Waals surface area contributed by atoms with Gasteiger partial charge in [-0.2, -0.15) is 11.8 Å². The van der Waals surface area contributed by atoms with Crippen LogP contribution in [0.15, 0.2) is 16.7 Å². The maximum Gasteiger partial charge on any atom is 0.160 e. The Morgan fingerprint density at radius 3 is 2.67 bits per heavy atom. The highest BCUT2D eigenvalue weighted by Crippen LogP contribution is 2.34. The molecule has 2 aromatic heterocycles. The summed E-state index contributed by atoms with van der Waals surface area (Å²) < 4.78 is 3.44. The van der Waals surface area contributed by atoms with Crippen molar-refractivity contribution in [1.82, 2.24) is 14.5 Å². The minimum Gasteiger partial charge on any atom is -0.311 e. The molecule has 2 rings (SSSR count). The zero-order valence-electron chi connectivity index (χ0n) is 12.7. The monoisotopic (exact) mass is 389 g/mol. The van der Waals surface area contributed by atoms with Crippen molar-refractivity contribution in [2.24, 2.45) is 0 Å². The van der Waals surface area contributed by atoms with Crippen LogP contribution in [0.1, 0.15) is 32.5 Å². The fourth-order valence-corrected chi connectivity index (χ4v) is 3.91. The summed E-state index contributed by atoms with van der Waals surface area (Å²) in [4.78, 5) is 9.30. The zero-order valence-corrected chi connectivity index (χ0v) is 15.9. The van der Waals surface area contributed by atoms with E-state index >= 15 is 0 Å². The minimum absolute atomic E-state index is 0.226. The second-order valence-electron chi connectivity index (χ2n) is 5.14. The van der Waals surface area contributed by atoms with E-state index in [1.165, 1.54) is 0 Å². The van der Waals surface area contributed by atoms with Gasteiger partial charge in [0.15, 0.2) is 5.65 Å².